The predicted octanol–water partition coefficient (Wildman–Crippen LogP) is 2.87. The Labute approximate surface area is 110 Å². The fourth-order valence-electron chi connectivity index (χ4n) is 2.67. The molecule has 0 saturated heterocycles. The van der Waals surface area contributed by atoms with Crippen molar-refractivity contribution in [2.24, 2.45) is 0 Å². The summed E-state index contributed by atoms with van der Waals surface area (Å²) >= 11 is 0. The summed E-state index contributed by atoms with van der Waals surface area (Å²) in [6.45, 7) is 1.52. The molecule has 0 aliphatic heterocycles. The monoisotopic (exact) mass is 254 g/mol. The molecule has 0 aromatic heterocycles. The molecule has 0 radical (unpaired) electrons. The molecule has 1 aliphatic carbocycles. The van der Waals surface area contributed by atoms with Crippen LogP contribution in [0.25, 0.3) is 10.8 Å². The average Bonchev–Trinajstić information content (AvgIpc) is 2.44. The molecule has 1 aliphatic rings. The molecule has 3 rings (SSSR count). The summed E-state index contributed by atoms with van der Waals surface area (Å²) in [7, 11) is 0. The van der Waals surface area contributed by atoms with Crippen LogP contribution >= 0.6 is 0 Å². The number of carbonyl (C=O) groups is 1. The Hall–Kier alpha value is -2.29. The first kappa shape index (κ1) is 11.8. The van der Waals surface area contributed by atoms with E-state index in [1.54, 1.807) is 12.1 Å². The molecule has 3 heteroatoms. The maximum Gasteiger partial charge on any atom is 0.155 e. The second-order valence-electron chi connectivity index (χ2n) is 4.87. The zero-order valence-corrected chi connectivity index (χ0v) is 10.6. The number of aromatic hydroxyl groups is 2. The van der Waals surface area contributed by atoms with Gasteiger partial charge in [0.15, 0.2) is 5.78 Å². The van der Waals surface area contributed by atoms with Gasteiger partial charge < -0.3 is 10.2 Å². The zero-order valence-electron chi connectivity index (χ0n) is 10.6. The number of hydrogen-bond acceptors (Lipinski definition) is 3. The maximum absolute atomic E-state index is 11.5. The van der Waals surface area contributed by atoms with Crippen molar-refractivity contribution >= 4 is 16.6 Å². The summed E-state index contributed by atoms with van der Waals surface area (Å²) in [4.78, 5) is 11.5. The van der Waals surface area contributed by atoms with E-state index in [0.29, 0.717) is 34.8 Å². The number of phenolic OH excluding ortho intramolecular Hbond substituents is 2. The number of hydrogen-bond donors (Lipinski definition) is 2. The van der Waals surface area contributed by atoms with Gasteiger partial charge in [-0.3, -0.25) is 4.79 Å². The Bertz CT molecular complexity index is 726. The highest BCUT2D eigenvalue weighted by atomic mass is 16.3. The molecule has 2 aromatic carbocycles. The Morgan fingerprint density at radius 1 is 1.05 bits per heavy atom. The average molecular weight is 254 g/mol. The Morgan fingerprint density at radius 2 is 1.63 bits per heavy atom. The van der Waals surface area contributed by atoms with Crippen LogP contribution in [0.1, 0.15) is 18.1 Å². The second-order valence-corrected chi connectivity index (χ2v) is 4.87. The lowest BCUT2D eigenvalue weighted by molar-refractivity contribution is -0.113. The molecule has 0 amide bonds. The van der Waals surface area contributed by atoms with Crippen molar-refractivity contribution in [3.63, 3.8) is 0 Å². The lowest BCUT2D eigenvalue weighted by Crippen LogP contribution is -2.09. The molecule has 0 heterocycles. The first-order valence-electron chi connectivity index (χ1n) is 6.24. The quantitative estimate of drug-likeness (QED) is 0.769. The van der Waals surface area contributed by atoms with Crippen LogP contribution in [0.15, 0.2) is 35.9 Å². The van der Waals surface area contributed by atoms with E-state index in [9.17, 15) is 15.0 Å². The normalized spacial score (nSPS) is 14.1. The van der Waals surface area contributed by atoms with Crippen molar-refractivity contribution in [2.45, 2.75) is 19.8 Å². The van der Waals surface area contributed by atoms with Crippen LogP contribution in [-0.2, 0) is 17.6 Å². The molecule has 0 saturated carbocycles. The molecule has 19 heavy (non-hydrogen) atoms. The van der Waals surface area contributed by atoms with Gasteiger partial charge in [0.25, 0.3) is 0 Å². The summed E-state index contributed by atoms with van der Waals surface area (Å²) in [5.41, 5.74) is 2.09. The van der Waals surface area contributed by atoms with Gasteiger partial charge >= 0.3 is 0 Å². The summed E-state index contributed by atoms with van der Waals surface area (Å²) in [5, 5.41) is 22.0. The highest BCUT2D eigenvalue weighted by Crippen LogP contribution is 2.42. The van der Waals surface area contributed by atoms with Crippen molar-refractivity contribution in [1.82, 2.24) is 0 Å². The molecule has 2 aromatic rings. The van der Waals surface area contributed by atoms with Crippen molar-refractivity contribution in [1.29, 1.82) is 0 Å². The standard InChI is InChI=1S/C16H14O3/c1-9(17)10-6-7-13-14(8-10)16(19)12-5-3-2-4-11(12)15(13)18/h2-6,18-19H,7-8H2,1H3. The predicted molar refractivity (Wildman–Crippen MR) is 73.4 cm³/mol. The largest absolute Gasteiger partial charge is 0.507 e. The number of allylic oxidation sites excluding steroid dienone is 2. The van der Waals surface area contributed by atoms with Gasteiger partial charge in [-0.15, -0.1) is 0 Å². The van der Waals surface area contributed by atoms with Gasteiger partial charge in [-0.25, -0.2) is 0 Å². The van der Waals surface area contributed by atoms with E-state index in [1.807, 2.05) is 18.2 Å². The number of ketones is 1. The summed E-state index contributed by atoms with van der Waals surface area (Å²) in [6.07, 6.45) is 2.70. The van der Waals surface area contributed by atoms with Gasteiger partial charge in [-0.2, -0.15) is 0 Å². The van der Waals surface area contributed by atoms with Crippen LogP contribution in [0, 0.1) is 0 Å². The summed E-state index contributed by atoms with van der Waals surface area (Å²) in [5.74, 6) is 0.398. The lowest BCUT2D eigenvalue weighted by atomic mass is 9.86. The number of fused-ring (bicyclic) bond motifs is 2. The topological polar surface area (TPSA) is 57.5 Å². The van der Waals surface area contributed by atoms with Crippen LogP contribution in [0.4, 0.5) is 0 Å². The minimum absolute atomic E-state index is 0.0118. The minimum atomic E-state index is 0.0118. The number of phenols is 2. The molecule has 3 nitrogen and oxygen atoms in total. The molecule has 96 valence electrons. The van der Waals surface area contributed by atoms with Gasteiger partial charge in [0.2, 0.25) is 0 Å². The Morgan fingerprint density at radius 3 is 2.21 bits per heavy atom. The van der Waals surface area contributed by atoms with Gasteiger partial charge in [0, 0.05) is 28.3 Å². The minimum Gasteiger partial charge on any atom is -0.507 e. The SMILES string of the molecule is CC(=O)C1=CCc2c(c(O)c3ccccc3c2O)C1. The van der Waals surface area contributed by atoms with Crippen LogP contribution < -0.4 is 0 Å². The van der Waals surface area contributed by atoms with Crippen molar-refractivity contribution in [2.75, 3.05) is 0 Å². The van der Waals surface area contributed by atoms with Crippen molar-refractivity contribution < 1.29 is 15.0 Å². The number of carbonyl (C=O) groups excluding carboxylic acids is 1. The highest BCUT2D eigenvalue weighted by molar-refractivity contribution is 5.98. The molecule has 0 spiro atoms. The lowest BCUT2D eigenvalue weighted by Gasteiger charge is -2.20. The third-order valence-corrected chi connectivity index (χ3v) is 3.75. The Balaban J connectivity index is 2.29. The molecule has 0 atom stereocenters. The van der Waals surface area contributed by atoms with E-state index >= 15 is 0 Å². The third-order valence-electron chi connectivity index (χ3n) is 3.75. The number of rotatable bonds is 1. The van der Waals surface area contributed by atoms with Gasteiger partial charge in [0.1, 0.15) is 11.5 Å². The number of Topliss-reactive ketones (excluding diaryl/α,β-unsaturated/α-hetero) is 1. The molecule has 0 fully saturated rings. The smallest absolute Gasteiger partial charge is 0.155 e. The molecular weight excluding hydrogens is 240 g/mol. The van der Waals surface area contributed by atoms with Crippen LogP contribution in [0.3, 0.4) is 0 Å². The van der Waals surface area contributed by atoms with E-state index in [4.69, 9.17) is 0 Å². The Kier molecular flexibility index (Phi) is 2.56. The fourth-order valence-corrected chi connectivity index (χ4v) is 2.67. The van der Waals surface area contributed by atoms with E-state index < -0.39 is 0 Å². The molecule has 0 bridgehead atoms. The van der Waals surface area contributed by atoms with Crippen LogP contribution in [-0.4, -0.2) is 16.0 Å². The van der Waals surface area contributed by atoms with Crippen molar-refractivity contribution in [3.05, 3.63) is 47.0 Å². The van der Waals surface area contributed by atoms with Gasteiger partial charge in [-0.1, -0.05) is 30.3 Å². The van der Waals surface area contributed by atoms with Gasteiger partial charge in [-0.05, 0) is 18.9 Å². The van der Waals surface area contributed by atoms with Crippen LogP contribution in [0.2, 0.25) is 0 Å². The molecular formula is C16H14O3. The maximum atomic E-state index is 11.5. The second kappa shape index (κ2) is 4.12. The first-order valence-corrected chi connectivity index (χ1v) is 6.24. The van der Waals surface area contributed by atoms with E-state index in [0.717, 1.165) is 5.56 Å². The highest BCUT2D eigenvalue weighted by Gasteiger charge is 2.23. The molecule has 0 unspecified atom stereocenters. The first-order chi connectivity index (χ1) is 9.09. The summed E-state index contributed by atoms with van der Waals surface area (Å²) < 4.78 is 0. The fraction of sp³-hybridized carbons (Fsp3) is 0.188. The summed E-state index contributed by atoms with van der Waals surface area (Å²) in [6, 6.07) is 7.21. The van der Waals surface area contributed by atoms with Gasteiger partial charge in [0.05, 0.1) is 0 Å². The number of benzene rings is 2. The van der Waals surface area contributed by atoms with E-state index in [2.05, 4.69) is 0 Å². The van der Waals surface area contributed by atoms with E-state index in [-0.39, 0.29) is 17.3 Å². The molecule has 2 N–H and O–H groups in total. The van der Waals surface area contributed by atoms with Crippen molar-refractivity contribution in [3.8, 4) is 11.5 Å². The van der Waals surface area contributed by atoms with E-state index in [1.165, 1.54) is 6.92 Å². The van der Waals surface area contributed by atoms with Crippen LogP contribution in [0.5, 0.6) is 11.5 Å². The zero-order chi connectivity index (χ0) is 13.6. The third kappa shape index (κ3) is 1.70.